The van der Waals surface area contributed by atoms with E-state index in [1.54, 1.807) is 13.0 Å². The third-order valence-corrected chi connectivity index (χ3v) is 4.88. The van der Waals surface area contributed by atoms with Crippen LogP contribution in [0.4, 0.5) is 5.95 Å². The zero-order chi connectivity index (χ0) is 17.6. The van der Waals surface area contributed by atoms with Gasteiger partial charge in [0.25, 0.3) is 5.91 Å². The van der Waals surface area contributed by atoms with Crippen molar-refractivity contribution in [3.63, 3.8) is 0 Å². The van der Waals surface area contributed by atoms with Gasteiger partial charge in [0.05, 0.1) is 24.3 Å². The van der Waals surface area contributed by atoms with Gasteiger partial charge in [-0.15, -0.1) is 0 Å². The molecule has 8 nitrogen and oxygen atoms in total. The van der Waals surface area contributed by atoms with E-state index >= 15 is 0 Å². The molecule has 0 aliphatic carbocycles. The van der Waals surface area contributed by atoms with Gasteiger partial charge in [0.1, 0.15) is 5.76 Å². The van der Waals surface area contributed by atoms with Crippen LogP contribution < -0.4 is 4.90 Å². The highest BCUT2D eigenvalue weighted by Gasteiger charge is 2.46. The molecule has 25 heavy (non-hydrogen) atoms. The molecule has 4 heterocycles. The van der Waals surface area contributed by atoms with Gasteiger partial charge in [-0.2, -0.15) is 0 Å². The van der Waals surface area contributed by atoms with Crippen molar-refractivity contribution in [3.05, 3.63) is 35.0 Å². The lowest BCUT2D eigenvalue weighted by Gasteiger charge is -2.34. The smallest absolute Gasteiger partial charge is 0.276 e. The number of hydrogen-bond acceptors (Lipinski definition) is 7. The van der Waals surface area contributed by atoms with Crippen LogP contribution in [0.15, 0.2) is 16.8 Å². The first-order chi connectivity index (χ1) is 12.0. The number of aryl methyl sites for hydroxylation is 1. The third kappa shape index (κ3) is 2.66. The predicted octanol–water partition coefficient (Wildman–Crippen LogP) is 1.15. The summed E-state index contributed by atoms with van der Waals surface area (Å²) in [5.74, 6) is 1.20. The summed E-state index contributed by atoms with van der Waals surface area (Å²) in [4.78, 5) is 25.6. The number of ether oxygens (including phenoxy) is 1. The van der Waals surface area contributed by atoms with Crippen molar-refractivity contribution in [3.8, 4) is 0 Å². The summed E-state index contributed by atoms with van der Waals surface area (Å²) in [6.07, 6.45) is 2.65. The average Bonchev–Trinajstić information content (AvgIpc) is 3.22. The Bertz CT molecular complexity index is 818. The number of hydrogen-bond donors (Lipinski definition) is 0. The minimum Gasteiger partial charge on any atom is -0.376 e. The molecule has 1 saturated heterocycles. The van der Waals surface area contributed by atoms with Crippen LogP contribution in [0.25, 0.3) is 0 Å². The summed E-state index contributed by atoms with van der Waals surface area (Å²) in [6, 6.07) is 1.67. The van der Waals surface area contributed by atoms with Crippen molar-refractivity contribution in [1.29, 1.82) is 0 Å². The lowest BCUT2D eigenvalue weighted by molar-refractivity contribution is 0.0483. The number of anilines is 1. The van der Waals surface area contributed by atoms with Crippen molar-refractivity contribution < 1.29 is 14.1 Å². The first-order valence-corrected chi connectivity index (χ1v) is 8.33. The molecule has 1 fully saturated rings. The monoisotopic (exact) mass is 343 g/mol. The van der Waals surface area contributed by atoms with E-state index in [4.69, 9.17) is 14.2 Å². The second-order valence-electron chi connectivity index (χ2n) is 7.01. The predicted molar refractivity (Wildman–Crippen MR) is 89.5 cm³/mol. The Morgan fingerprint density at radius 2 is 2.24 bits per heavy atom. The van der Waals surface area contributed by atoms with Crippen molar-refractivity contribution in [2.75, 3.05) is 38.7 Å². The molecule has 0 aromatic carbocycles. The second kappa shape index (κ2) is 5.80. The molecule has 4 rings (SSSR count). The van der Waals surface area contributed by atoms with Gasteiger partial charge in [-0.3, -0.25) is 4.79 Å². The Morgan fingerprint density at radius 1 is 1.40 bits per heavy atom. The maximum atomic E-state index is 12.7. The summed E-state index contributed by atoms with van der Waals surface area (Å²) >= 11 is 0. The van der Waals surface area contributed by atoms with E-state index in [-0.39, 0.29) is 11.3 Å². The van der Waals surface area contributed by atoms with Crippen LogP contribution in [0.5, 0.6) is 0 Å². The van der Waals surface area contributed by atoms with Gasteiger partial charge in [0.2, 0.25) is 5.95 Å². The van der Waals surface area contributed by atoms with Crippen LogP contribution in [-0.2, 0) is 16.8 Å². The number of rotatable bonds is 2. The van der Waals surface area contributed by atoms with E-state index in [9.17, 15) is 4.79 Å². The van der Waals surface area contributed by atoms with Gasteiger partial charge in [0.15, 0.2) is 5.69 Å². The van der Waals surface area contributed by atoms with Crippen LogP contribution in [0.3, 0.4) is 0 Å². The SMILES string of the molecule is Cc1cc(C(=O)N2CCC3(COCc4cnc(N(C)C)nc43)C2)no1. The summed E-state index contributed by atoms with van der Waals surface area (Å²) in [7, 11) is 3.84. The molecule has 132 valence electrons. The second-order valence-corrected chi connectivity index (χ2v) is 7.01. The highest BCUT2D eigenvalue weighted by Crippen LogP contribution is 2.39. The van der Waals surface area contributed by atoms with Gasteiger partial charge in [0, 0.05) is 45.0 Å². The van der Waals surface area contributed by atoms with Gasteiger partial charge < -0.3 is 19.1 Å². The zero-order valence-corrected chi connectivity index (χ0v) is 14.7. The highest BCUT2D eigenvalue weighted by molar-refractivity contribution is 5.92. The number of carbonyl (C=O) groups is 1. The normalized spacial score (nSPS) is 22.3. The fraction of sp³-hybridized carbons (Fsp3) is 0.529. The first-order valence-electron chi connectivity index (χ1n) is 8.33. The number of amides is 1. The quantitative estimate of drug-likeness (QED) is 0.809. The molecule has 2 aliphatic rings. The van der Waals surface area contributed by atoms with Crippen LogP contribution in [0, 0.1) is 6.92 Å². The first kappa shape index (κ1) is 16.0. The third-order valence-electron chi connectivity index (χ3n) is 4.88. The van der Waals surface area contributed by atoms with E-state index < -0.39 is 0 Å². The van der Waals surface area contributed by atoms with Crippen molar-refractivity contribution in [2.24, 2.45) is 0 Å². The van der Waals surface area contributed by atoms with Crippen molar-refractivity contribution in [1.82, 2.24) is 20.0 Å². The Morgan fingerprint density at radius 3 is 2.96 bits per heavy atom. The Hall–Kier alpha value is -2.48. The van der Waals surface area contributed by atoms with Crippen molar-refractivity contribution >= 4 is 11.9 Å². The van der Waals surface area contributed by atoms with E-state index in [0.717, 1.165) is 17.7 Å². The Balaban J connectivity index is 1.64. The number of fused-ring (bicyclic) bond motifs is 2. The molecule has 0 radical (unpaired) electrons. The fourth-order valence-electron chi connectivity index (χ4n) is 3.59. The van der Waals surface area contributed by atoms with Gasteiger partial charge >= 0.3 is 0 Å². The topological polar surface area (TPSA) is 84.6 Å². The lowest BCUT2D eigenvalue weighted by atomic mass is 9.80. The Labute approximate surface area is 145 Å². The van der Waals surface area contributed by atoms with Gasteiger partial charge in [-0.25, -0.2) is 9.97 Å². The van der Waals surface area contributed by atoms with E-state index in [0.29, 0.717) is 43.7 Å². The van der Waals surface area contributed by atoms with Crippen LogP contribution >= 0.6 is 0 Å². The maximum absolute atomic E-state index is 12.7. The van der Waals surface area contributed by atoms with Crippen LogP contribution in [0.2, 0.25) is 0 Å². The molecule has 1 unspecified atom stereocenters. The minimum absolute atomic E-state index is 0.109. The molecular formula is C17H21N5O3. The molecule has 0 bridgehead atoms. The van der Waals surface area contributed by atoms with E-state index in [1.807, 2.05) is 30.1 Å². The molecule has 0 N–H and O–H groups in total. The summed E-state index contributed by atoms with van der Waals surface area (Å²) in [6.45, 7) is 4.07. The molecule has 0 saturated carbocycles. The molecular weight excluding hydrogens is 322 g/mol. The molecule has 2 aliphatic heterocycles. The summed E-state index contributed by atoms with van der Waals surface area (Å²) in [5.41, 5.74) is 2.08. The number of nitrogens with zero attached hydrogens (tertiary/aromatic N) is 5. The molecule has 8 heteroatoms. The van der Waals surface area contributed by atoms with Gasteiger partial charge in [-0.05, 0) is 13.3 Å². The molecule has 1 atom stereocenters. The zero-order valence-electron chi connectivity index (χ0n) is 14.7. The summed E-state index contributed by atoms with van der Waals surface area (Å²) < 4.78 is 10.8. The summed E-state index contributed by atoms with van der Waals surface area (Å²) in [5, 5.41) is 3.85. The van der Waals surface area contributed by atoms with Crippen LogP contribution in [-0.4, -0.2) is 59.7 Å². The molecule has 2 aromatic rings. The standard InChI is InChI=1S/C17H21N5O3/c1-11-6-13(20-25-11)15(23)22-5-4-17(9-22)10-24-8-12-7-18-16(21(2)3)19-14(12)17/h6-7H,4-5,8-10H2,1-3H3. The molecule has 2 aromatic heterocycles. The maximum Gasteiger partial charge on any atom is 0.276 e. The minimum atomic E-state index is -0.282. The fourth-order valence-corrected chi connectivity index (χ4v) is 3.59. The number of aromatic nitrogens is 3. The van der Waals surface area contributed by atoms with E-state index in [1.165, 1.54) is 0 Å². The van der Waals surface area contributed by atoms with E-state index in [2.05, 4.69) is 10.1 Å². The van der Waals surface area contributed by atoms with Crippen LogP contribution in [0.1, 0.15) is 33.9 Å². The Kier molecular flexibility index (Phi) is 3.72. The highest BCUT2D eigenvalue weighted by atomic mass is 16.5. The number of carbonyl (C=O) groups excluding carboxylic acids is 1. The number of likely N-dealkylation sites (tertiary alicyclic amines) is 1. The molecule has 1 spiro atoms. The molecule has 1 amide bonds. The largest absolute Gasteiger partial charge is 0.376 e. The van der Waals surface area contributed by atoms with Crippen molar-refractivity contribution in [2.45, 2.75) is 25.4 Å². The van der Waals surface area contributed by atoms with Gasteiger partial charge in [-0.1, -0.05) is 5.16 Å². The lowest BCUT2D eigenvalue weighted by Crippen LogP contribution is -2.42. The average molecular weight is 343 g/mol.